The molecule has 0 bridgehead atoms. The van der Waals surface area contributed by atoms with Gasteiger partial charge in [0, 0.05) is 42.1 Å². The first kappa shape index (κ1) is 19.4. The largest absolute Gasteiger partial charge is 0.361 e. The first-order valence-corrected chi connectivity index (χ1v) is 11.4. The Balaban J connectivity index is 1.79. The number of fused-ring (bicyclic) bond motifs is 2. The fourth-order valence-electron chi connectivity index (χ4n) is 4.77. The highest BCUT2D eigenvalue weighted by Gasteiger charge is 2.53. The summed E-state index contributed by atoms with van der Waals surface area (Å²) < 4.78 is 39.9. The average Bonchev–Trinajstić information content (AvgIpc) is 3.32. The van der Waals surface area contributed by atoms with E-state index in [1.165, 1.54) is 22.7 Å². The van der Waals surface area contributed by atoms with Crippen LogP contribution in [0.2, 0.25) is 0 Å². The van der Waals surface area contributed by atoms with Gasteiger partial charge < -0.3 is 15.6 Å². The summed E-state index contributed by atoms with van der Waals surface area (Å²) in [6.45, 7) is 2.64. The van der Waals surface area contributed by atoms with E-state index < -0.39 is 16.1 Å². The molecule has 3 N–H and O–H groups in total. The summed E-state index contributed by atoms with van der Waals surface area (Å²) >= 11 is 0. The molecule has 1 amide bonds. The fraction of sp³-hybridized carbons (Fsp3) is 0.526. The summed E-state index contributed by atoms with van der Waals surface area (Å²) in [4.78, 5) is 17.7. The van der Waals surface area contributed by atoms with E-state index in [1.54, 1.807) is 17.2 Å². The molecule has 2 saturated heterocycles. The number of halogens is 1. The van der Waals surface area contributed by atoms with Crippen LogP contribution >= 0.6 is 0 Å². The van der Waals surface area contributed by atoms with E-state index in [9.17, 15) is 17.6 Å². The van der Waals surface area contributed by atoms with Gasteiger partial charge in [-0.3, -0.25) is 4.79 Å². The minimum Gasteiger partial charge on any atom is -0.361 e. The van der Waals surface area contributed by atoms with Gasteiger partial charge in [-0.2, -0.15) is 4.31 Å². The molecule has 3 heterocycles. The van der Waals surface area contributed by atoms with Gasteiger partial charge in [-0.15, -0.1) is 0 Å². The number of nitrogens with two attached hydrogens (primary N) is 1. The Labute approximate surface area is 163 Å². The molecule has 2 fully saturated rings. The Morgan fingerprint density at radius 2 is 2.18 bits per heavy atom. The molecular formula is C19H25FN4O3S. The van der Waals surface area contributed by atoms with Crippen LogP contribution in [0.5, 0.6) is 0 Å². The molecule has 2 aromatic rings. The maximum Gasteiger partial charge on any atom is 0.239 e. The Kier molecular flexibility index (Phi) is 4.71. The van der Waals surface area contributed by atoms with Gasteiger partial charge in [-0.25, -0.2) is 12.8 Å². The highest BCUT2D eigenvalue weighted by Crippen LogP contribution is 2.44. The van der Waals surface area contributed by atoms with Crippen molar-refractivity contribution in [2.24, 2.45) is 5.73 Å². The minimum atomic E-state index is -3.42. The number of nitrogens with zero attached hydrogens (tertiary/aromatic N) is 2. The standard InChI is InChI=1S/C19H25FN4O3S/c1-3-15(21)19(25)23-7-6-17-18(23)14(10-24(17)28(2,26)27)13-9-22-16-8-11(20)4-5-12(13)16/h4-5,8-9,14-15,17-18,22H,3,6-7,10,21H2,1-2H3/t14-,15-,17+,18+/m0/s1. The van der Waals surface area contributed by atoms with Crippen molar-refractivity contribution in [1.82, 2.24) is 14.2 Å². The van der Waals surface area contributed by atoms with E-state index in [-0.39, 0.29) is 29.7 Å². The van der Waals surface area contributed by atoms with Crippen LogP contribution < -0.4 is 5.73 Å². The molecular weight excluding hydrogens is 383 g/mol. The van der Waals surface area contributed by atoms with Crippen molar-refractivity contribution >= 4 is 26.8 Å². The number of benzene rings is 1. The van der Waals surface area contributed by atoms with E-state index in [4.69, 9.17) is 5.73 Å². The number of carbonyl (C=O) groups is 1. The number of amides is 1. The van der Waals surface area contributed by atoms with Crippen LogP contribution in [0.4, 0.5) is 4.39 Å². The lowest BCUT2D eigenvalue weighted by Gasteiger charge is -2.30. The molecule has 152 valence electrons. The van der Waals surface area contributed by atoms with E-state index in [0.29, 0.717) is 31.4 Å². The zero-order valence-corrected chi connectivity index (χ0v) is 16.7. The number of aromatic nitrogens is 1. The van der Waals surface area contributed by atoms with Gasteiger partial charge in [-0.1, -0.05) is 6.92 Å². The number of nitrogens with one attached hydrogen (secondary N) is 1. The first-order valence-electron chi connectivity index (χ1n) is 9.51. The molecule has 2 aliphatic rings. The lowest BCUT2D eigenvalue weighted by Crippen LogP contribution is -2.48. The molecule has 1 aromatic heterocycles. The molecule has 4 rings (SSSR count). The second kappa shape index (κ2) is 6.82. The van der Waals surface area contributed by atoms with E-state index in [0.717, 1.165) is 10.9 Å². The van der Waals surface area contributed by atoms with Crippen molar-refractivity contribution in [1.29, 1.82) is 0 Å². The maximum absolute atomic E-state index is 13.6. The molecule has 4 atom stereocenters. The third-order valence-electron chi connectivity index (χ3n) is 6.12. The molecule has 0 spiro atoms. The molecule has 2 aliphatic heterocycles. The summed E-state index contributed by atoms with van der Waals surface area (Å²) in [5.41, 5.74) is 7.56. The molecule has 9 heteroatoms. The lowest BCUT2D eigenvalue weighted by molar-refractivity contribution is -0.133. The first-order chi connectivity index (χ1) is 13.2. The third-order valence-corrected chi connectivity index (χ3v) is 7.39. The lowest BCUT2D eigenvalue weighted by atomic mass is 9.91. The second-order valence-corrected chi connectivity index (χ2v) is 9.70. The highest BCUT2D eigenvalue weighted by molar-refractivity contribution is 7.88. The number of hydrogen-bond acceptors (Lipinski definition) is 4. The number of aromatic amines is 1. The van der Waals surface area contributed by atoms with Crippen molar-refractivity contribution in [3.05, 3.63) is 35.8 Å². The predicted molar refractivity (Wildman–Crippen MR) is 105 cm³/mol. The van der Waals surface area contributed by atoms with Crippen molar-refractivity contribution in [3.63, 3.8) is 0 Å². The van der Waals surface area contributed by atoms with Crippen LogP contribution in [0, 0.1) is 5.82 Å². The fourth-order valence-corrected chi connectivity index (χ4v) is 5.93. The Bertz CT molecular complexity index is 1020. The molecule has 0 aliphatic carbocycles. The summed E-state index contributed by atoms with van der Waals surface area (Å²) in [6.07, 6.45) is 4.13. The molecule has 7 nitrogen and oxygen atoms in total. The monoisotopic (exact) mass is 408 g/mol. The van der Waals surface area contributed by atoms with Crippen molar-refractivity contribution in [2.45, 2.75) is 43.8 Å². The second-order valence-electron chi connectivity index (χ2n) is 7.77. The van der Waals surface area contributed by atoms with Crippen molar-refractivity contribution in [2.75, 3.05) is 19.3 Å². The maximum atomic E-state index is 13.6. The third kappa shape index (κ3) is 3.01. The Morgan fingerprint density at radius 3 is 2.86 bits per heavy atom. The zero-order chi connectivity index (χ0) is 20.2. The van der Waals surface area contributed by atoms with Gasteiger partial charge in [0.1, 0.15) is 5.82 Å². The van der Waals surface area contributed by atoms with Crippen LogP contribution in [0.25, 0.3) is 10.9 Å². The van der Waals surface area contributed by atoms with Crippen molar-refractivity contribution < 1.29 is 17.6 Å². The topological polar surface area (TPSA) is 99.5 Å². The molecule has 0 unspecified atom stereocenters. The number of sulfonamides is 1. The van der Waals surface area contributed by atoms with E-state index in [2.05, 4.69) is 4.98 Å². The summed E-state index contributed by atoms with van der Waals surface area (Å²) in [7, 11) is -3.42. The van der Waals surface area contributed by atoms with Gasteiger partial charge in [0.25, 0.3) is 0 Å². The van der Waals surface area contributed by atoms with Crippen molar-refractivity contribution in [3.8, 4) is 0 Å². The van der Waals surface area contributed by atoms with E-state index in [1.807, 2.05) is 6.92 Å². The summed E-state index contributed by atoms with van der Waals surface area (Å²) in [5.74, 6) is -0.676. The minimum absolute atomic E-state index is 0.138. The SMILES string of the molecule is CC[C@H](N)C(=O)N1CC[C@@H]2[C@H]1[C@H](c1c[nH]c3cc(F)ccc13)CN2S(C)(=O)=O. The number of hydrogen-bond donors (Lipinski definition) is 2. The number of rotatable bonds is 4. The zero-order valence-electron chi connectivity index (χ0n) is 15.9. The Hall–Kier alpha value is -1.97. The quantitative estimate of drug-likeness (QED) is 0.798. The van der Waals surface area contributed by atoms with Gasteiger partial charge in [0.05, 0.1) is 18.3 Å². The van der Waals surface area contributed by atoms with Crippen LogP contribution in [0.3, 0.4) is 0 Å². The van der Waals surface area contributed by atoms with Gasteiger partial charge >= 0.3 is 0 Å². The van der Waals surface area contributed by atoms with Crippen LogP contribution in [0.1, 0.15) is 31.2 Å². The predicted octanol–water partition coefficient (Wildman–Crippen LogP) is 1.37. The number of H-pyrrole nitrogens is 1. The summed E-state index contributed by atoms with van der Waals surface area (Å²) in [6, 6.07) is 3.38. The molecule has 0 radical (unpaired) electrons. The molecule has 0 saturated carbocycles. The van der Waals surface area contributed by atoms with Gasteiger partial charge in [0.15, 0.2) is 0 Å². The molecule has 1 aromatic carbocycles. The number of likely N-dealkylation sites (tertiary alicyclic amines) is 1. The van der Waals surface area contributed by atoms with Gasteiger partial charge in [-0.05, 0) is 36.6 Å². The Morgan fingerprint density at radius 1 is 1.43 bits per heavy atom. The van der Waals surface area contributed by atoms with Gasteiger partial charge in [0.2, 0.25) is 15.9 Å². The van der Waals surface area contributed by atoms with Crippen LogP contribution in [0.15, 0.2) is 24.4 Å². The number of carbonyl (C=O) groups excluding carboxylic acids is 1. The average molecular weight is 408 g/mol. The normalized spacial score (nSPS) is 26.7. The van der Waals surface area contributed by atoms with Crippen LogP contribution in [-0.2, 0) is 14.8 Å². The van der Waals surface area contributed by atoms with E-state index >= 15 is 0 Å². The highest BCUT2D eigenvalue weighted by atomic mass is 32.2. The van der Waals surface area contributed by atoms with Crippen LogP contribution in [-0.4, -0.2) is 66.0 Å². The summed E-state index contributed by atoms with van der Waals surface area (Å²) in [5, 5.41) is 0.847. The smallest absolute Gasteiger partial charge is 0.239 e. The molecule has 28 heavy (non-hydrogen) atoms.